The Bertz CT molecular complexity index is 447. The molecule has 2 aliphatic rings. The number of hydrogen-bond donors (Lipinski definition) is 1. The van der Waals surface area contributed by atoms with Crippen molar-refractivity contribution in [3.63, 3.8) is 0 Å². The summed E-state index contributed by atoms with van der Waals surface area (Å²) >= 11 is 6.28. The minimum absolute atomic E-state index is 0.542. The lowest BCUT2D eigenvalue weighted by molar-refractivity contribution is -0.0936. The zero-order valence-electron chi connectivity index (χ0n) is 9.93. The van der Waals surface area contributed by atoms with Gasteiger partial charge in [-0.3, -0.25) is 0 Å². The van der Waals surface area contributed by atoms with E-state index in [-0.39, 0.29) is 0 Å². The van der Waals surface area contributed by atoms with E-state index >= 15 is 0 Å². The van der Waals surface area contributed by atoms with Gasteiger partial charge >= 0.3 is 0 Å². The van der Waals surface area contributed by atoms with Gasteiger partial charge in [-0.2, -0.15) is 5.06 Å². The van der Waals surface area contributed by atoms with Crippen molar-refractivity contribution in [3.8, 4) is 11.5 Å². The Balaban J connectivity index is 1.95. The number of fused-ring (bicyclic) bond motifs is 1. The molecular weight excluding hydrogens is 256 g/mol. The summed E-state index contributed by atoms with van der Waals surface area (Å²) in [5.74, 6) is 1.47. The van der Waals surface area contributed by atoms with Gasteiger partial charge in [0.05, 0.1) is 5.02 Å². The topological polar surface area (TPSA) is 45.2 Å². The van der Waals surface area contributed by atoms with Crippen molar-refractivity contribution in [1.29, 1.82) is 0 Å². The largest absolute Gasteiger partial charge is 0.486 e. The SMILES string of the molecule is ON1CCN(c2c(Cl)ccc3c2OCCO3)CC1. The number of ether oxygens (including phenoxy) is 2. The number of benzene rings is 1. The van der Waals surface area contributed by atoms with Crippen LogP contribution >= 0.6 is 11.6 Å². The van der Waals surface area contributed by atoms with E-state index in [1.165, 1.54) is 5.06 Å². The molecule has 2 heterocycles. The second-order valence-corrected chi connectivity index (χ2v) is 4.77. The summed E-state index contributed by atoms with van der Waals surface area (Å²) in [7, 11) is 0. The molecule has 1 saturated heterocycles. The summed E-state index contributed by atoms with van der Waals surface area (Å²) in [6.07, 6.45) is 0. The molecule has 2 aliphatic heterocycles. The van der Waals surface area contributed by atoms with Gasteiger partial charge in [0, 0.05) is 26.2 Å². The third-order valence-corrected chi connectivity index (χ3v) is 3.51. The van der Waals surface area contributed by atoms with Crippen LogP contribution in [0.4, 0.5) is 5.69 Å². The first-order chi connectivity index (χ1) is 8.75. The first kappa shape index (κ1) is 11.9. The van der Waals surface area contributed by atoms with E-state index in [0.717, 1.165) is 30.3 Å². The van der Waals surface area contributed by atoms with Crippen molar-refractivity contribution in [2.45, 2.75) is 0 Å². The van der Waals surface area contributed by atoms with Gasteiger partial charge in [0.25, 0.3) is 0 Å². The van der Waals surface area contributed by atoms with Crippen LogP contribution in [-0.2, 0) is 0 Å². The molecule has 1 N–H and O–H groups in total. The summed E-state index contributed by atoms with van der Waals surface area (Å²) in [6.45, 7) is 3.74. The number of halogens is 1. The highest BCUT2D eigenvalue weighted by atomic mass is 35.5. The van der Waals surface area contributed by atoms with Gasteiger partial charge in [0.2, 0.25) is 0 Å². The lowest BCUT2D eigenvalue weighted by atomic mass is 10.2. The summed E-state index contributed by atoms with van der Waals surface area (Å²) in [6, 6.07) is 3.67. The summed E-state index contributed by atoms with van der Waals surface area (Å²) < 4.78 is 11.2. The zero-order valence-corrected chi connectivity index (χ0v) is 10.7. The first-order valence-corrected chi connectivity index (χ1v) is 6.40. The average molecular weight is 271 g/mol. The molecule has 0 aliphatic carbocycles. The third kappa shape index (κ3) is 2.09. The fourth-order valence-electron chi connectivity index (χ4n) is 2.29. The van der Waals surface area contributed by atoms with Crippen LogP contribution in [0.5, 0.6) is 11.5 Å². The van der Waals surface area contributed by atoms with Crippen LogP contribution in [0.3, 0.4) is 0 Å². The molecule has 98 valence electrons. The molecule has 5 nitrogen and oxygen atoms in total. The molecule has 18 heavy (non-hydrogen) atoms. The van der Waals surface area contributed by atoms with Crippen LogP contribution in [0, 0.1) is 0 Å². The second kappa shape index (κ2) is 4.84. The van der Waals surface area contributed by atoms with Crippen molar-refractivity contribution in [3.05, 3.63) is 17.2 Å². The minimum Gasteiger partial charge on any atom is -0.486 e. The maximum Gasteiger partial charge on any atom is 0.186 e. The van der Waals surface area contributed by atoms with E-state index in [2.05, 4.69) is 4.90 Å². The number of piperazine rings is 1. The van der Waals surface area contributed by atoms with Gasteiger partial charge in [0.15, 0.2) is 11.5 Å². The Morgan fingerprint density at radius 1 is 1.06 bits per heavy atom. The van der Waals surface area contributed by atoms with Crippen LogP contribution in [0.2, 0.25) is 5.02 Å². The van der Waals surface area contributed by atoms with Gasteiger partial charge < -0.3 is 19.6 Å². The Kier molecular flexibility index (Phi) is 3.20. The first-order valence-electron chi connectivity index (χ1n) is 6.02. The molecule has 0 bridgehead atoms. The van der Waals surface area contributed by atoms with E-state index < -0.39 is 0 Å². The highest BCUT2D eigenvalue weighted by molar-refractivity contribution is 6.33. The molecule has 0 saturated carbocycles. The van der Waals surface area contributed by atoms with Crippen molar-refractivity contribution >= 4 is 17.3 Å². The number of rotatable bonds is 1. The Morgan fingerprint density at radius 3 is 2.56 bits per heavy atom. The molecule has 3 rings (SSSR count). The number of anilines is 1. The van der Waals surface area contributed by atoms with Crippen LogP contribution in [0.25, 0.3) is 0 Å². The van der Waals surface area contributed by atoms with Gasteiger partial charge in [-0.25, -0.2) is 0 Å². The highest BCUT2D eigenvalue weighted by Crippen LogP contribution is 2.44. The van der Waals surface area contributed by atoms with Crippen LogP contribution in [-0.4, -0.2) is 49.7 Å². The minimum atomic E-state index is 0.542. The highest BCUT2D eigenvalue weighted by Gasteiger charge is 2.25. The summed E-state index contributed by atoms with van der Waals surface area (Å²) in [5, 5.41) is 11.4. The molecule has 0 aromatic heterocycles. The summed E-state index contributed by atoms with van der Waals surface area (Å²) in [5.41, 5.74) is 0.877. The van der Waals surface area contributed by atoms with Crippen molar-refractivity contribution < 1.29 is 14.7 Å². The molecule has 0 radical (unpaired) electrons. The normalized spacial score (nSPS) is 20.0. The Labute approximate surface area is 110 Å². The van der Waals surface area contributed by atoms with Crippen molar-refractivity contribution in [2.75, 3.05) is 44.3 Å². The maximum atomic E-state index is 9.40. The van der Waals surface area contributed by atoms with Crippen LogP contribution in [0.15, 0.2) is 12.1 Å². The number of nitrogens with zero attached hydrogens (tertiary/aromatic N) is 2. The smallest absolute Gasteiger partial charge is 0.186 e. The standard InChI is InChI=1S/C12H15ClN2O3/c13-9-1-2-10-12(18-8-7-17-10)11(9)14-3-5-15(16)6-4-14/h1-2,16H,3-8H2. The second-order valence-electron chi connectivity index (χ2n) is 4.36. The lowest BCUT2D eigenvalue weighted by Crippen LogP contribution is -2.45. The van der Waals surface area contributed by atoms with E-state index in [4.69, 9.17) is 21.1 Å². The fourth-order valence-corrected chi connectivity index (χ4v) is 2.56. The predicted molar refractivity (Wildman–Crippen MR) is 68.0 cm³/mol. The van der Waals surface area contributed by atoms with Gasteiger partial charge in [-0.1, -0.05) is 11.6 Å². The monoisotopic (exact) mass is 270 g/mol. The average Bonchev–Trinajstić information content (AvgIpc) is 2.40. The van der Waals surface area contributed by atoms with Crippen LogP contribution in [0.1, 0.15) is 0 Å². The molecule has 0 unspecified atom stereocenters. The number of hydrogen-bond acceptors (Lipinski definition) is 5. The molecule has 0 amide bonds. The van der Waals surface area contributed by atoms with Gasteiger partial charge in [-0.05, 0) is 12.1 Å². The quantitative estimate of drug-likeness (QED) is 0.840. The van der Waals surface area contributed by atoms with E-state index in [1.54, 1.807) is 0 Å². The van der Waals surface area contributed by atoms with E-state index in [1.807, 2.05) is 12.1 Å². The molecule has 1 fully saturated rings. The van der Waals surface area contributed by atoms with Gasteiger partial charge in [0.1, 0.15) is 18.9 Å². The van der Waals surface area contributed by atoms with Crippen molar-refractivity contribution in [2.24, 2.45) is 0 Å². The molecule has 1 aromatic carbocycles. The lowest BCUT2D eigenvalue weighted by Gasteiger charge is -2.35. The van der Waals surface area contributed by atoms with E-state index in [9.17, 15) is 5.21 Å². The van der Waals surface area contributed by atoms with Gasteiger partial charge in [-0.15, -0.1) is 0 Å². The maximum absolute atomic E-state index is 9.40. The van der Waals surface area contributed by atoms with Crippen molar-refractivity contribution in [1.82, 2.24) is 5.06 Å². The van der Waals surface area contributed by atoms with Crippen LogP contribution < -0.4 is 14.4 Å². The molecular formula is C12H15ClN2O3. The molecule has 0 atom stereocenters. The molecule has 0 spiro atoms. The summed E-state index contributed by atoms with van der Waals surface area (Å²) in [4.78, 5) is 2.13. The number of hydroxylamine groups is 2. The van der Waals surface area contributed by atoms with E-state index in [0.29, 0.717) is 31.3 Å². The third-order valence-electron chi connectivity index (χ3n) is 3.21. The zero-order chi connectivity index (χ0) is 12.5. The Hall–Kier alpha value is -1.17. The molecule has 1 aromatic rings. The Morgan fingerprint density at radius 2 is 1.78 bits per heavy atom. The predicted octanol–water partition coefficient (Wildman–Crippen LogP) is 1.62. The molecule has 6 heteroatoms. The fraction of sp³-hybridized carbons (Fsp3) is 0.500.